The third kappa shape index (κ3) is 8.50. The molecule has 0 fully saturated rings. The van der Waals surface area contributed by atoms with E-state index in [2.05, 4.69) is 36.5 Å². The Morgan fingerprint density at radius 3 is 2.29 bits per heavy atom. The minimum atomic E-state index is -4.67. The first-order chi connectivity index (χ1) is 14.4. The average molecular weight is 453 g/mol. The fourth-order valence-electron chi connectivity index (χ4n) is 3.00. The highest BCUT2D eigenvalue weighted by atomic mass is 32.3. The number of rotatable bonds is 5. The Labute approximate surface area is 178 Å². The first kappa shape index (κ1) is 24.5. The molecule has 0 aromatic heterocycles. The summed E-state index contributed by atoms with van der Waals surface area (Å²) in [6.45, 7) is 2.65. The Hall–Kier alpha value is -2.72. The smallest absolute Gasteiger partial charge is 0.307 e. The molecule has 0 radical (unpaired) electrons. The van der Waals surface area contributed by atoms with Crippen LogP contribution in [0, 0.1) is 0 Å². The molecule has 3 rings (SSSR count). The van der Waals surface area contributed by atoms with Gasteiger partial charge >= 0.3 is 16.6 Å². The summed E-state index contributed by atoms with van der Waals surface area (Å²) in [5.41, 5.74) is 1.12. The lowest BCUT2D eigenvalue weighted by Gasteiger charge is -2.15. The lowest BCUT2D eigenvalue weighted by molar-refractivity contribution is -0.137. The minimum absolute atomic E-state index is 0.132. The number of alkyl halides is 3. The summed E-state index contributed by atoms with van der Waals surface area (Å²) < 4.78 is 69.8. The van der Waals surface area contributed by atoms with Crippen molar-refractivity contribution in [2.75, 3.05) is 6.54 Å². The van der Waals surface area contributed by atoms with Gasteiger partial charge in [-0.25, -0.2) is 0 Å². The van der Waals surface area contributed by atoms with Gasteiger partial charge in [-0.2, -0.15) is 21.6 Å². The molecule has 31 heavy (non-hydrogen) atoms. The van der Waals surface area contributed by atoms with Crippen LogP contribution >= 0.6 is 0 Å². The molecular formula is C22H22F3NO4S. The van der Waals surface area contributed by atoms with Crippen molar-refractivity contribution < 1.29 is 30.7 Å². The summed E-state index contributed by atoms with van der Waals surface area (Å²) in [6, 6.07) is 19.9. The highest BCUT2D eigenvalue weighted by Crippen LogP contribution is 2.29. The van der Waals surface area contributed by atoms with Gasteiger partial charge in [0.2, 0.25) is 0 Å². The Balaban J connectivity index is 0.000000614. The van der Waals surface area contributed by atoms with Crippen molar-refractivity contribution in [3.63, 3.8) is 0 Å². The van der Waals surface area contributed by atoms with E-state index in [0.29, 0.717) is 12.1 Å². The van der Waals surface area contributed by atoms with Gasteiger partial charge in [0.15, 0.2) is 0 Å². The molecule has 1 atom stereocenters. The predicted molar refractivity (Wildman–Crippen MR) is 115 cm³/mol. The Morgan fingerprint density at radius 2 is 1.61 bits per heavy atom. The second-order valence-electron chi connectivity index (χ2n) is 6.67. The fraction of sp³-hybridized carbons (Fsp3) is 0.182. The summed E-state index contributed by atoms with van der Waals surface area (Å²) in [5.74, 6) is 0. The topological polar surface area (TPSA) is 86.6 Å². The van der Waals surface area contributed by atoms with E-state index in [-0.39, 0.29) is 6.04 Å². The first-order valence-electron chi connectivity index (χ1n) is 9.20. The second-order valence-corrected chi connectivity index (χ2v) is 7.57. The van der Waals surface area contributed by atoms with E-state index in [1.807, 2.05) is 24.3 Å². The lowest BCUT2D eigenvalue weighted by Crippen LogP contribution is -2.18. The highest BCUT2D eigenvalue weighted by Gasteiger charge is 2.30. The Kier molecular flexibility index (Phi) is 8.35. The van der Waals surface area contributed by atoms with Gasteiger partial charge in [0.1, 0.15) is 0 Å². The van der Waals surface area contributed by atoms with Crippen molar-refractivity contribution in [3.8, 4) is 0 Å². The van der Waals surface area contributed by atoms with Crippen molar-refractivity contribution in [1.82, 2.24) is 5.32 Å². The van der Waals surface area contributed by atoms with E-state index >= 15 is 0 Å². The summed E-state index contributed by atoms with van der Waals surface area (Å²) in [7, 11) is -4.67. The normalized spacial score (nSPS) is 13.1. The first-order valence-corrected chi connectivity index (χ1v) is 10.6. The number of hydrogen-bond donors (Lipinski definition) is 3. The highest BCUT2D eigenvalue weighted by molar-refractivity contribution is 7.79. The van der Waals surface area contributed by atoms with Crippen LogP contribution in [0.1, 0.15) is 29.7 Å². The molecule has 9 heteroatoms. The van der Waals surface area contributed by atoms with Crippen molar-refractivity contribution in [1.29, 1.82) is 0 Å². The van der Waals surface area contributed by atoms with Crippen molar-refractivity contribution in [2.45, 2.75) is 19.1 Å². The maximum atomic E-state index is 12.7. The van der Waals surface area contributed by atoms with E-state index < -0.39 is 22.1 Å². The lowest BCUT2D eigenvalue weighted by atomic mass is 10.00. The van der Waals surface area contributed by atoms with Crippen LogP contribution in [-0.2, 0) is 16.6 Å². The molecule has 3 N–H and O–H groups in total. The number of halogens is 3. The van der Waals surface area contributed by atoms with Gasteiger partial charge in [0.25, 0.3) is 0 Å². The molecule has 166 valence electrons. The molecule has 0 saturated carbocycles. The summed E-state index contributed by atoms with van der Waals surface area (Å²) >= 11 is 0. The molecule has 0 aliphatic heterocycles. The van der Waals surface area contributed by atoms with Gasteiger partial charge in [-0.1, -0.05) is 66.7 Å². The summed E-state index contributed by atoms with van der Waals surface area (Å²) in [6.07, 6.45) is -0.764. The Morgan fingerprint density at radius 1 is 1.00 bits per heavy atom. The van der Waals surface area contributed by atoms with Crippen LogP contribution in [0.2, 0.25) is 0 Å². The van der Waals surface area contributed by atoms with Crippen LogP contribution in [0.5, 0.6) is 0 Å². The molecule has 0 aliphatic rings. The third-order valence-electron chi connectivity index (χ3n) is 4.36. The van der Waals surface area contributed by atoms with Crippen LogP contribution in [-0.4, -0.2) is 24.1 Å². The third-order valence-corrected chi connectivity index (χ3v) is 4.36. The SMILES string of the molecule is C[C@@H](NCC=Cc1cccc(C(F)(F)F)c1)c1cccc2ccccc12.O=S(=O)(O)O. The second kappa shape index (κ2) is 10.5. The van der Waals surface area contributed by atoms with Crippen molar-refractivity contribution in [3.05, 3.63) is 89.5 Å². The number of hydrogen-bond acceptors (Lipinski definition) is 3. The zero-order valence-electron chi connectivity index (χ0n) is 16.5. The largest absolute Gasteiger partial charge is 0.416 e. The van der Waals surface area contributed by atoms with Crippen molar-refractivity contribution >= 4 is 27.2 Å². The predicted octanol–water partition coefficient (Wildman–Crippen LogP) is 5.57. The standard InChI is InChI=1S/C22H20F3N.H2O4S/c1-16(20-13-5-10-18-9-2-3-12-21(18)20)26-14-6-8-17-7-4-11-19(15-17)22(23,24)25;1-5(2,3)4/h2-13,15-16,26H,14H2,1H3;(H2,1,2,3,4)/t16-;/m1./s1. The van der Waals surface area contributed by atoms with Gasteiger partial charge in [0, 0.05) is 12.6 Å². The monoisotopic (exact) mass is 453 g/mol. The maximum Gasteiger partial charge on any atom is 0.416 e. The number of benzene rings is 3. The molecular weight excluding hydrogens is 431 g/mol. The van der Waals surface area contributed by atoms with Crippen LogP contribution in [0.4, 0.5) is 13.2 Å². The molecule has 0 amide bonds. The zero-order chi connectivity index (χ0) is 23.1. The van der Waals surface area contributed by atoms with E-state index in [4.69, 9.17) is 17.5 Å². The average Bonchev–Trinajstić information content (AvgIpc) is 2.69. The molecule has 3 aromatic rings. The summed E-state index contributed by atoms with van der Waals surface area (Å²) in [4.78, 5) is 0. The van der Waals surface area contributed by atoms with Gasteiger partial charge in [-0.05, 0) is 41.0 Å². The number of fused-ring (bicyclic) bond motifs is 1. The number of nitrogens with one attached hydrogen (secondary N) is 1. The van der Waals surface area contributed by atoms with Gasteiger partial charge in [0.05, 0.1) is 5.56 Å². The molecule has 0 bridgehead atoms. The molecule has 5 nitrogen and oxygen atoms in total. The zero-order valence-corrected chi connectivity index (χ0v) is 17.4. The molecule has 0 saturated heterocycles. The molecule has 3 aromatic carbocycles. The minimum Gasteiger partial charge on any atom is -0.307 e. The van der Waals surface area contributed by atoms with E-state index in [1.54, 1.807) is 12.1 Å². The molecule has 0 unspecified atom stereocenters. The quantitative estimate of drug-likeness (QED) is 0.440. The van der Waals surface area contributed by atoms with Crippen LogP contribution in [0.15, 0.2) is 72.8 Å². The molecule has 0 heterocycles. The fourth-order valence-corrected chi connectivity index (χ4v) is 3.00. The van der Waals surface area contributed by atoms with E-state index in [0.717, 1.165) is 12.1 Å². The van der Waals surface area contributed by atoms with Gasteiger partial charge in [-0.3, -0.25) is 9.11 Å². The Bertz CT molecular complexity index is 1130. The van der Waals surface area contributed by atoms with Gasteiger partial charge < -0.3 is 5.32 Å². The maximum absolute atomic E-state index is 12.7. The summed E-state index contributed by atoms with van der Waals surface area (Å²) in [5, 5.41) is 5.80. The van der Waals surface area contributed by atoms with E-state index in [9.17, 15) is 13.2 Å². The molecule has 0 aliphatic carbocycles. The molecule has 0 spiro atoms. The van der Waals surface area contributed by atoms with Crippen molar-refractivity contribution in [2.24, 2.45) is 0 Å². The van der Waals surface area contributed by atoms with E-state index in [1.165, 1.54) is 22.4 Å². The van der Waals surface area contributed by atoms with Crippen LogP contribution in [0.25, 0.3) is 16.8 Å². The van der Waals surface area contributed by atoms with Crippen LogP contribution < -0.4 is 5.32 Å². The van der Waals surface area contributed by atoms with Gasteiger partial charge in [-0.15, -0.1) is 0 Å². The van der Waals surface area contributed by atoms with Crippen LogP contribution in [0.3, 0.4) is 0 Å².